The second-order valence-electron chi connectivity index (χ2n) is 13.1. The Labute approximate surface area is 204 Å². The van der Waals surface area contributed by atoms with E-state index in [1.807, 2.05) is 6.92 Å². The maximum atomic E-state index is 12.0. The van der Waals surface area contributed by atoms with Gasteiger partial charge in [0.1, 0.15) is 6.10 Å². The molecule has 0 unspecified atom stereocenters. The van der Waals surface area contributed by atoms with Gasteiger partial charge in [-0.05, 0) is 98.2 Å². The molecule has 2 nitrogen and oxygen atoms in total. The fourth-order valence-electron chi connectivity index (χ4n) is 9.09. The Morgan fingerprint density at radius 3 is 2.61 bits per heavy atom. The Balaban J connectivity index is 1.44. The van der Waals surface area contributed by atoms with Crippen LogP contribution in [0.2, 0.25) is 0 Å². The van der Waals surface area contributed by atoms with Crippen LogP contribution in [0.4, 0.5) is 0 Å². The van der Waals surface area contributed by atoms with Crippen LogP contribution in [0.15, 0.2) is 23.8 Å². The number of allylic oxidation sites excluding steroid dienone is 2. The first-order chi connectivity index (χ1) is 15.7. The molecule has 0 radical (unpaired) electrons. The van der Waals surface area contributed by atoms with Crippen LogP contribution in [-0.4, -0.2) is 12.1 Å². The third-order valence-electron chi connectivity index (χ3n) is 10.8. The van der Waals surface area contributed by atoms with Gasteiger partial charge in [0.05, 0.1) is 0 Å². The Morgan fingerprint density at radius 1 is 1.09 bits per heavy atom. The quantitative estimate of drug-likeness (QED) is 0.219. The van der Waals surface area contributed by atoms with Gasteiger partial charge in [-0.25, -0.2) is 4.79 Å². The highest BCUT2D eigenvalue weighted by molar-refractivity contribution is 5.81. The number of esters is 1. The average Bonchev–Trinajstić information content (AvgIpc) is 3.11. The molecule has 186 valence electrons. The molecule has 0 aromatic heterocycles. The van der Waals surface area contributed by atoms with E-state index < -0.39 is 0 Å². The summed E-state index contributed by atoms with van der Waals surface area (Å²) in [5, 5.41) is 0. The van der Waals surface area contributed by atoms with Gasteiger partial charge in [0.25, 0.3) is 0 Å². The minimum Gasteiger partial charge on any atom is -0.459 e. The fourth-order valence-corrected chi connectivity index (χ4v) is 9.09. The van der Waals surface area contributed by atoms with Gasteiger partial charge in [-0.1, -0.05) is 71.6 Å². The summed E-state index contributed by atoms with van der Waals surface area (Å²) < 4.78 is 5.77. The molecular formula is C31H50O2. The van der Waals surface area contributed by atoms with E-state index in [0.29, 0.717) is 10.8 Å². The van der Waals surface area contributed by atoms with Crippen molar-refractivity contribution in [3.05, 3.63) is 23.8 Å². The lowest BCUT2D eigenvalue weighted by atomic mass is 9.47. The number of hydrogen-bond acceptors (Lipinski definition) is 2. The van der Waals surface area contributed by atoms with Crippen molar-refractivity contribution >= 4 is 5.97 Å². The zero-order chi connectivity index (χ0) is 23.8. The molecule has 3 fully saturated rings. The first kappa shape index (κ1) is 25.1. The molecule has 4 aliphatic carbocycles. The maximum absolute atomic E-state index is 12.0. The summed E-state index contributed by atoms with van der Waals surface area (Å²) in [5.74, 6) is 5.08. The molecule has 33 heavy (non-hydrogen) atoms. The van der Waals surface area contributed by atoms with Gasteiger partial charge in [-0.2, -0.15) is 0 Å². The second-order valence-corrected chi connectivity index (χ2v) is 13.1. The van der Waals surface area contributed by atoms with Crippen LogP contribution in [-0.2, 0) is 9.53 Å². The van der Waals surface area contributed by atoms with Gasteiger partial charge < -0.3 is 4.74 Å². The molecule has 8 atom stereocenters. The molecule has 0 saturated heterocycles. The number of fused-ring (bicyclic) bond motifs is 5. The number of carbonyl (C=O) groups excluding carboxylic acids is 1. The van der Waals surface area contributed by atoms with Crippen LogP contribution in [0.1, 0.15) is 112 Å². The lowest BCUT2D eigenvalue weighted by Gasteiger charge is -2.58. The molecule has 0 N–H and O–H groups in total. The second kappa shape index (κ2) is 9.90. The van der Waals surface area contributed by atoms with Crippen molar-refractivity contribution in [2.45, 2.75) is 118 Å². The van der Waals surface area contributed by atoms with Gasteiger partial charge in [0.15, 0.2) is 0 Å². The van der Waals surface area contributed by atoms with Gasteiger partial charge in [-0.3, -0.25) is 0 Å². The van der Waals surface area contributed by atoms with E-state index in [1.165, 1.54) is 57.8 Å². The lowest BCUT2D eigenvalue weighted by molar-refractivity contribution is -0.145. The fraction of sp³-hybridized carbons (Fsp3) is 0.839. The van der Waals surface area contributed by atoms with Gasteiger partial charge in [-0.15, -0.1) is 0 Å². The van der Waals surface area contributed by atoms with Crippen LogP contribution in [0.3, 0.4) is 0 Å². The molecule has 0 aromatic carbocycles. The third kappa shape index (κ3) is 4.74. The predicted molar refractivity (Wildman–Crippen MR) is 138 cm³/mol. The maximum Gasteiger partial charge on any atom is 0.330 e. The van der Waals surface area contributed by atoms with Gasteiger partial charge in [0, 0.05) is 12.5 Å². The highest BCUT2D eigenvalue weighted by Gasteiger charge is 2.59. The summed E-state index contributed by atoms with van der Waals surface area (Å²) in [4.78, 5) is 12.0. The molecule has 0 aromatic rings. The molecule has 4 aliphatic rings. The Hall–Kier alpha value is -1.05. The zero-order valence-electron chi connectivity index (χ0n) is 22.4. The summed E-state index contributed by atoms with van der Waals surface area (Å²) in [5.41, 5.74) is 2.49. The van der Waals surface area contributed by atoms with E-state index in [0.717, 1.165) is 48.3 Å². The molecule has 4 rings (SSSR count). The summed E-state index contributed by atoms with van der Waals surface area (Å²) in [6.45, 7) is 14.4. The summed E-state index contributed by atoms with van der Waals surface area (Å²) in [7, 11) is 0. The molecule has 0 heterocycles. The van der Waals surface area contributed by atoms with E-state index >= 15 is 0 Å². The summed E-state index contributed by atoms with van der Waals surface area (Å²) in [6.07, 6.45) is 20.4. The minimum atomic E-state index is -0.173. The van der Waals surface area contributed by atoms with Crippen molar-refractivity contribution in [1.29, 1.82) is 0 Å². The van der Waals surface area contributed by atoms with Crippen molar-refractivity contribution in [2.24, 2.45) is 46.3 Å². The lowest BCUT2D eigenvalue weighted by Crippen LogP contribution is -2.51. The van der Waals surface area contributed by atoms with Crippen molar-refractivity contribution in [1.82, 2.24) is 0 Å². The first-order valence-electron chi connectivity index (χ1n) is 14.2. The highest BCUT2D eigenvalue weighted by Crippen LogP contribution is 2.67. The van der Waals surface area contributed by atoms with Crippen LogP contribution in [0.25, 0.3) is 0 Å². The number of carbonyl (C=O) groups is 1. The van der Waals surface area contributed by atoms with E-state index in [4.69, 9.17) is 4.74 Å². The van der Waals surface area contributed by atoms with Crippen molar-refractivity contribution in [3.8, 4) is 0 Å². The molecule has 0 bridgehead atoms. The van der Waals surface area contributed by atoms with E-state index in [9.17, 15) is 4.79 Å². The zero-order valence-corrected chi connectivity index (χ0v) is 22.4. The Morgan fingerprint density at radius 2 is 1.88 bits per heavy atom. The SMILES string of the molecule is C/C=C/C(=O)O[C@H]1CC[C@@]2(C)C(=CC[C@@H]3[C@H]4CC[C@@H]([C@H](C)CCCC(C)C)[C@@]4(C)CC[C@H]32)C1. The van der Waals surface area contributed by atoms with Crippen LogP contribution >= 0.6 is 0 Å². The summed E-state index contributed by atoms with van der Waals surface area (Å²) in [6, 6.07) is 0. The number of ether oxygens (including phenoxy) is 1. The van der Waals surface area contributed by atoms with E-state index in [2.05, 4.69) is 40.7 Å². The van der Waals surface area contributed by atoms with E-state index in [1.54, 1.807) is 17.7 Å². The van der Waals surface area contributed by atoms with Crippen LogP contribution < -0.4 is 0 Å². The molecule has 2 heteroatoms. The van der Waals surface area contributed by atoms with Crippen molar-refractivity contribution in [3.63, 3.8) is 0 Å². The monoisotopic (exact) mass is 454 g/mol. The molecule has 0 spiro atoms. The van der Waals surface area contributed by atoms with Crippen LogP contribution in [0, 0.1) is 46.3 Å². The minimum absolute atomic E-state index is 0.0704. The Bertz CT molecular complexity index is 763. The number of hydrogen-bond donors (Lipinski definition) is 0. The summed E-state index contributed by atoms with van der Waals surface area (Å²) >= 11 is 0. The standard InChI is InChI=1S/C31H50O2/c1-7-9-29(32)33-24-16-18-30(5)23(20-24)12-13-25-27-15-14-26(22(4)11-8-10-21(2)3)31(27,6)19-17-28(25)30/h7,9,12,21-22,24-28H,8,10-11,13-20H2,1-6H3/b9-7+/t22-,24+,25-,26+,27-,28-,30+,31-/m1/s1. The van der Waals surface area contributed by atoms with Gasteiger partial charge in [0.2, 0.25) is 0 Å². The third-order valence-corrected chi connectivity index (χ3v) is 10.8. The smallest absolute Gasteiger partial charge is 0.330 e. The Kier molecular flexibility index (Phi) is 7.52. The molecule has 3 saturated carbocycles. The average molecular weight is 455 g/mol. The van der Waals surface area contributed by atoms with Crippen LogP contribution in [0.5, 0.6) is 0 Å². The van der Waals surface area contributed by atoms with Crippen molar-refractivity contribution < 1.29 is 9.53 Å². The van der Waals surface area contributed by atoms with E-state index in [-0.39, 0.29) is 12.1 Å². The predicted octanol–water partition coefficient (Wildman–Crippen LogP) is 8.52. The topological polar surface area (TPSA) is 26.3 Å². The number of rotatable bonds is 7. The first-order valence-corrected chi connectivity index (χ1v) is 14.2. The van der Waals surface area contributed by atoms with Gasteiger partial charge >= 0.3 is 5.97 Å². The highest BCUT2D eigenvalue weighted by atomic mass is 16.5. The molecular weight excluding hydrogens is 404 g/mol. The molecule has 0 amide bonds. The largest absolute Gasteiger partial charge is 0.459 e. The normalized spacial score (nSPS) is 41.3. The molecule has 0 aliphatic heterocycles. The van der Waals surface area contributed by atoms with Crippen molar-refractivity contribution in [2.75, 3.05) is 0 Å².